The van der Waals surface area contributed by atoms with Crippen LogP contribution in [-0.2, 0) is 9.47 Å². The lowest BCUT2D eigenvalue weighted by Gasteiger charge is -2.26. The van der Waals surface area contributed by atoms with Crippen molar-refractivity contribution in [3.8, 4) is 0 Å². The predicted molar refractivity (Wildman–Crippen MR) is 70.9 cm³/mol. The molecule has 1 aliphatic rings. The highest BCUT2D eigenvalue weighted by molar-refractivity contribution is 6.04. The summed E-state index contributed by atoms with van der Waals surface area (Å²) in [5.41, 5.74) is -0.391. The second-order valence-electron chi connectivity index (χ2n) is 4.72. The highest BCUT2D eigenvalue weighted by Crippen LogP contribution is 2.21. The van der Waals surface area contributed by atoms with E-state index < -0.39 is 17.5 Å². The quantitative estimate of drug-likeness (QED) is 0.837. The molecule has 6 heteroatoms. The van der Waals surface area contributed by atoms with Crippen molar-refractivity contribution in [3.63, 3.8) is 0 Å². The van der Waals surface area contributed by atoms with E-state index in [0.717, 1.165) is 0 Å². The van der Waals surface area contributed by atoms with Gasteiger partial charge in [-0.3, -0.25) is 4.79 Å². The molecule has 0 radical (unpaired) electrons. The van der Waals surface area contributed by atoms with Gasteiger partial charge in [-0.25, -0.2) is 4.79 Å². The van der Waals surface area contributed by atoms with E-state index in [1.54, 1.807) is 19.2 Å². The second-order valence-corrected chi connectivity index (χ2v) is 4.72. The standard InChI is InChI=1S/C14H17NO5/c1-19-14(6-7-20-9-14)8-15-12(16)10-4-2-3-5-11(10)13(17)18/h2-5H,6-9H2,1H3,(H,15,16)(H,17,18). The number of carbonyl (C=O) groups is 2. The molecule has 1 amide bonds. The lowest BCUT2D eigenvalue weighted by Crippen LogP contribution is -2.45. The Balaban J connectivity index is 2.07. The number of aromatic carboxylic acids is 1. The van der Waals surface area contributed by atoms with Gasteiger partial charge in [0.25, 0.3) is 5.91 Å². The molecule has 0 aromatic heterocycles. The summed E-state index contributed by atoms with van der Waals surface area (Å²) in [6, 6.07) is 6.11. The first-order chi connectivity index (χ1) is 9.58. The van der Waals surface area contributed by atoms with Gasteiger partial charge in [0.15, 0.2) is 0 Å². The molecular formula is C14H17NO5. The molecule has 1 heterocycles. The van der Waals surface area contributed by atoms with E-state index in [1.807, 2.05) is 0 Å². The van der Waals surface area contributed by atoms with Crippen LogP contribution >= 0.6 is 0 Å². The average Bonchev–Trinajstić information content (AvgIpc) is 2.94. The fourth-order valence-electron chi connectivity index (χ4n) is 2.17. The molecule has 108 valence electrons. The third-order valence-electron chi connectivity index (χ3n) is 3.47. The SMILES string of the molecule is COC1(CNC(=O)c2ccccc2C(=O)O)CCOC1. The molecule has 0 saturated carbocycles. The number of nitrogens with one attached hydrogen (secondary N) is 1. The molecule has 1 atom stereocenters. The Labute approximate surface area is 116 Å². The van der Waals surface area contributed by atoms with Gasteiger partial charge in [0.2, 0.25) is 0 Å². The van der Waals surface area contributed by atoms with Crippen molar-refractivity contribution in [1.82, 2.24) is 5.32 Å². The van der Waals surface area contributed by atoms with Crippen LogP contribution in [0.2, 0.25) is 0 Å². The molecule has 6 nitrogen and oxygen atoms in total. The summed E-state index contributed by atoms with van der Waals surface area (Å²) in [5, 5.41) is 11.8. The van der Waals surface area contributed by atoms with Gasteiger partial charge in [-0.05, 0) is 12.1 Å². The van der Waals surface area contributed by atoms with Crippen LogP contribution in [0.1, 0.15) is 27.1 Å². The Hall–Kier alpha value is -1.92. The van der Waals surface area contributed by atoms with E-state index in [1.165, 1.54) is 12.1 Å². The van der Waals surface area contributed by atoms with E-state index in [2.05, 4.69) is 5.32 Å². The Morgan fingerprint density at radius 2 is 2.10 bits per heavy atom. The summed E-state index contributed by atoms with van der Waals surface area (Å²) >= 11 is 0. The van der Waals surface area contributed by atoms with Crippen molar-refractivity contribution in [1.29, 1.82) is 0 Å². The van der Waals surface area contributed by atoms with Crippen LogP contribution in [0.15, 0.2) is 24.3 Å². The van der Waals surface area contributed by atoms with Gasteiger partial charge in [-0.2, -0.15) is 0 Å². The van der Waals surface area contributed by atoms with Crippen molar-refractivity contribution >= 4 is 11.9 Å². The lowest BCUT2D eigenvalue weighted by molar-refractivity contribution is -0.0148. The monoisotopic (exact) mass is 279 g/mol. The molecule has 0 aliphatic carbocycles. The van der Waals surface area contributed by atoms with Gasteiger partial charge >= 0.3 is 5.97 Å². The maximum atomic E-state index is 12.1. The minimum absolute atomic E-state index is 0.0147. The molecule has 1 aliphatic heterocycles. The zero-order valence-electron chi connectivity index (χ0n) is 11.2. The number of carboxylic acids is 1. The predicted octanol–water partition coefficient (Wildman–Crippen LogP) is 0.920. The fraction of sp³-hybridized carbons (Fsp3) is 0.429. The third-order valence-corrected chi connectivity index (χ3v) is 3.47. The summed E-state index contributed by atoms with van der Waals surface area (Å²) in [5.74, 6) is -1.55. The summed E-state index contributed by atoms with van der Waals surface area (Å²) in [4.78, 5) is 23.2. The molecule has 1 saturated heterocycles. The molecule has 1 fully saturated rings. The zero-order chi connectivity index (χ0) is 14.6. The van der Waals surface area contributed by atoms with E-state index in [0.29, 0.717) is 19.6 Å². The Morgan fingerprint density at radius 3 is 2.65 bits per heavy atom. The molecule has 20 heavy (non-hydrogen) atoms. The van der Waals surface area contributed by atoms with Gasteiger partial charge in [0, 0.05) is 26.7 Å². The Kier molecular flexibility index (Phi) is 4.36. The highest BCUT2D eigenvalue weighted by atomic mass is 16.5. The first kappa shape index (κ1) is 14.5. The maximum absolute atomic E-state index is 12.1. The number of ether oxygens (including phenoxy) is 2. The minimum Gasteiger partial charge on any atom is -0.478 e. The molecular weight excluding hydrogens is 262 g/mol. The molecule has 1 aromatic rings. The number of rotatable bonds is 5. The van der Waals surface area contributed by atoms with Crippen molar-refractivity contribution in [2.24, 2.45) is 0 Å². The number of amides is 1. The maximum Gasteiger partial charge on any atom is 0.336 e. The molecule has 2 rings (SSSR count). The number of carboxylic acid groups (broad SMARTS) is 1. The van der Waals surface area contributed by atoms with Gasteiger partial charge in [0.1, 0.15) is 5.60 Å². The van der Waals surface area contributed by atoms with Crippen molar-refractivity contribution < 1.29 is 24.2 Å². The van der Waals surface area contributed by atoms with E-state index in [-0.39, 0.29) is 17.7 Å². The van der Waals surface area contributed by atoms with Gasteiger partial charge in [-0.15, -0.1) is 0 Å². The van der Waals surface area contributed by atoms with Crippen molar-refractivity contribution in [3.05, 3.63) is 35.4 Å². The van der Waals surface area contributed by atoms with Crippen LogP contribution in [0, 0.1) is 0 Å². The van der Waals surface area contributed by atoms with Gasteiger partial charge in [0.05, 0.1) is 17.7 Å². The van der Waals surface area contributed by atoms with Crippen LogP contribution < -0.4 is 5.32 Å². The Morgan fingerprint density at radius 1 is 1.40 bits per heavy atom. The summed E-state index contributed by atoms with van der Waals surface area (Å²) in [6.07, 6.45) is 0.699. The Bertz CT molecular complexity index is 508. The summed E-state index contributed by atoms with van der Waals surface area (Å²) in [6.45, 7) is 1.30. The van der Waals surface area contributed by atoms with Gasteiger partial charge < -0.3 is 19.9 Å². The zero-order valence-corrected chi connectivity index (χ0v) is 11.2. The number of hydrogen-bond acceptors (Lipinski definition) is 4. The van der Waals surface area contributed by atoms with E-state index in [4.69, 9.17) is 14.6 Å². The highest BCUT2D eigenvalue weighted by Gasteiger charge is 2.35. The van der Waals surface area contributed by atoms with Crippen LogP contribution in [0.3, 0.4) is 0 Å². The molecule has 1 aromatic carbocycles. The van der Waals surface area contributed by atoms with Crippen LogP contribution in [0.4, 0.5) is 0 Å². The van der Waals surface area contributed by atoms with Gasteiger partial charge in [-0.1, -0.05) is 12.1 Å². The second kappa shape index (κ2) is 6.02. The number of benzene rings is 1. The average molecular weight is 279 g/mol. The summed E-state index contributed by atoms with van der Waals surface area (Å²) in [7, 11) is 1.58. The van der Waals surface area contributed by atoms with Crippen LogP contribution in [0.25, 0.3) is 0 Å². The van der Waals surface area contributed by atoms with Crippen LogP contribution in [-0.4, -0.2) is 49.5 Å². The number of carbonyl (C=O) groups excluding carboxylic acids is 1. The van der Waals surface area contributed by atoms with Crippen molar-refractivity contribution in [2.75, 3.05) is 26.9 Å². The van der Waals surface area contributed by atoms with Crippen molar-refractivity contribution in [2.45, 2.75) is 12.0 Å². The molecule has 0 bridgehead atoms. The summed E-state index contributed by atoms with van der Waals surface area (Å²) < 4.78 is 10.7. The topological polar surface area (TPSA) is 84.9 Å². The molecule has 2 N–H and O–H groups in total. The fourth-order valence-corrected chi connectivity index (χ4v) is 2.17. The number of hydrogen-bond donors (Lipinski definition) is 2. The molecule has 0 spiro atoms. The van der Waals surface area contributed by atoms with Crippen LogP contribution in [0.5, 0.6) is 0 Å². The smallest absolute Gasteiger partial charge is 0.336 e. The third kappa shape index (κ3) is 2.97. The minimum atomic E-state index is -1.12. The number of methoxy groups -OCH3 is 1. The first-order valence-corrected chi connectivity index (χ1v) is 6.31. The first-order valence-electron chi connectivity index (χ1n) is 6.31. The largest absolute Gasteiger partial charge is 0.478 e. The molecule has 1 unspecified atom stereocenters. The van der Waals surface area contributed by atoms with E-state index >= 15 is 0 Å². The normalized spacial score (nSPS) is 21.6. The van der Waals surface area contributed by atoms with E-state index in [9.17, 15) is 9.59 Å². The lowest BCUT2D eigenvalue weighted by atomic mass is 10.0.